The number of piperidine rings is 1. The summed E-state index contributed by atoms with van der Waals surface area (Å²) in [4.78, 5) is 0. The average Bonchev–Trinajstić information content (AvgIpc) is 2.46. The SMILES string of the molecule is CC1CC(OCCCCCCCCCCBr)CC(C)(C)N1O. The van der Waals surface area contributed by atoms with Crippen LogP contribution in [0.4, 0.5) is 0 Å². The molecule has 0 amide bonds. The Morgan fingerprint density at radius 2 is 1.59 bits per heavy atom. The summed E-state index contributed by atoms with van der Waals surface area (Å²) in [6.07, 6.45) is 12.8. The highest BCUT2D eigenvalue weighted by Crippen LogP contribution is 2.31. The van der Waals surface area contributed by atoms with Crippen LogP contribution < -0.4 is 0 Å². The molecule has 2 unspecified atom stereocenters. The number of alkyl halides is 1. The molecule has 0 radical (unpaired) electrons. The van der Waals surface area contributed by atoms with Gasteiger partial charge in [0.15, 0.2) is 0 Å². The van der Waals surface area contributed by atoms with Gasteiger partial charge in [-0.25, -0.2) is 0 Å². The molecule has 0 aromatic rings. The summed E-state index contributed by atoms with van der Waals surface area (Å²) in [7, 11) is 0. The van der Waals surface area contributed by atoms with Gasteiger partial charge in [-0.1, -0.05) is 54.5 Å². The predicted octanol–water partition coefficient (Wildman–Crippen LogP) is 5.54. The third kappa shape index (κ3) is 7.76. The van der Waals surface area contributed by atoms with Crippen molar-refractivity contribution in [3.8, 4) is 0 Å². The van der Waals surface area contributed by atoms with Gasteiger partial charge < -0.3 is 9.94 Å². The highest BCUT2D eigenvalue weighted by Gasteiger charge is 2.38. The normalized spacial score (nSPS) is 25.5. The summed E-state index contributed by atoms with van der Waals surface area (Å²) in [5, 5.41) is 12.7. The summed E-state index contributed by atoms with van der Waals surface area (Å²) in [5.41, 5.74) is -0.169. The Morgan fingerprint density at radius 1 is 1.05 bits per heavy atom. The Balaban J connectivity index is 1.99. The molecule has 1 heterocycles. The van der Waals surface area contributed by atoms with E-state index in [2.05, 4.69) is 36.7 Å². The van der Waals surface area contributed by atoms with E-state index in [9.17, 15) is 5.21 Å². The quantitative estimate of drug-likeness (QED) is 0.378. The first-order chi connectivity index (χ1) is 10.5. The van der Waals surface area contributed by atoms with Gasteiger partial charge in [-0.2, -0.15) is 5.06 Å². The molecular formula is C18H36BrNO2. The third-order valence-corrected chi connectivity index (χ3v) is 5.31. The maximum Gasteiger partial charge on any atom is 0.0609 e. The molecule has 0 aromatic carbocycles. The van der Waals surface area contributed by atoms with Crippen molar-refractivity contribution in [2.45, 2.75) is 103 Å². The molecule has 132 valence electrons. The molecular weight excluding hydrogens is 342 g/mol. The monoisotopic (exact) mass is 377 g/mol. The molecule has 1 aliphatic rings. The van der Waals surface area contributed by atoms with E-state index in [1.54, 1.807) is 0 Å². The second-order valence-electron chi connectivity index (χ2n) is 7.46. The number of ether oxygens (including phenoxy) is 1. The molecule has 0 spiro atoms. The molecule has 0 aromatic heterocycles. The largest absolute Gasteiger partial charge is 0.378 e. The van der Waals surface area contributed by atoms with Crippen molar-refractivity contribution in [2.75, 3.05) is 11.9 Å². The first-order valence-corrected chi connectivity index (χ1v) is 10.3. The fourth-order valence-corrected chi connectivity index (χ4v) is 3.84. The zero-order valence-corrected chi connectivity index (χ0v) is 16.4. The minimum Gasteiger partial charge on any atom is -0.378 e. The molecule has 0 bridgehead atoms. The van der Waals surface area contributed by atoms with Gasteiger partial charge in [0.2, 0.25) is 0 Å². The van der Waals surface area contributed by atoms with Crippen molar-refractivity contribution in [3.05, 3.63) is 0 Å². The lowest BCUT2D eigenvalue weighted by atomic mass is 9.87. The second kappa shape index (κ2) is 11.0. The van der Waals surface area contributed by atoms with Crippen LogP contribution in [0.25, 0.3) is 0 Å². The van der Waals surface area contributed by atoms with Crippen molar-refractivity contribution >= 4 is 15.9 Å². The van der Waals surface area contributed by atoms with E-state index in [1.165, 1.54) is 56.4 Å². The standard InChI is InChI=1S/C18H36BrNO2/c1-16-14-17(15-18(2,3)20(16)21)22-13-11-9-7-5-4-6-8-10-12-19/h16-17,21H,4-15H2,1-3H3. The van der Waals surface area contributed by atoms with Crippen molar-refractivity contribution < 1.29 is 9.94 Å². The van der Waals surface area contributed by atoms with Crippen LogP contribution in [0.1, 0.15) is 85.0 Å². The maximum absolute atomic E-state index is 10.0. The topological polar surface area (TPSA) is 32.7 Å². The lowest BCUT2D eigenvalue weighted by molar-refractivity contribution is -0.227. The Bertz CT molecular complexity index is 286. The lowest BCUT2D eigenvalue weighted by Gasteiger charge is -2.45. The summed E-state index contributed by atoms with van der Waals surface area (Å²) in [6, 6.07) is 0.188. The van der Waals surface area contributed by atoms with Gasteiger partial charge in [-0.3, -0.25) is 0 Å². The summed E-state index contributed by atoms with van der Waals surface area (Å²) >= 11 is 3.48. The molecule has 0 saturated carbocycles. The number of hydroxylamine groups is 2. The number of hydrogen-bond donors (Lipinski definition) is 1. The van der Waals surface area contributed by atoms with Gasteiger partial charge in [-0.05, 0) is 46.5 Å². The van der Waals surface area contributed by atoms with Crippen LogP contribution in [-0.2, 0) is 4.74 Å². The zero-order chi connectivity index (χ0) is 16.4. The van der Waals surface area contributed by atoms with Crippen molar-refractivity contribution in [1.82, 2.24) is 5.06 Å². The number of halogens is 1. The van der Waals surface area contributed by atoms with Gasteiger partial charge in [0, 0.05) is 23.5 Å². The number of nitrogens with zero attached hydrogens (tertiary/aromatic N) is 1. The fourth-order valence-electron chi connectivity index (χ4n) is 3.45. The zero-order valence-electron chi connectivity index (χ0n) is 14.8. The smallest absolute Gasteiger partial charge is 0.0609 e. The first kappa shape index (κ1) is 20.4. The second-order valence-corrected chi connectivity index (χ2v) is 8.25. The Kier molecular flexibility index (Phi) is 10.2. The van der Waals surface area contributed by atoms with E-state index in [1.807, 2.05) is 0 Å². The molecule has 1 saturated heterocycles. The lowest BCUT2D eigenvalue weighted by Crippen LogP contribution is -2.54. The van der Waals surface area contributed by atoms with E-state index >= 15 is 0 Å². The van der Waals surface area contributed by atoms with E-state index in [-0.39, 0.29) is 11.6 Å². The molecule has 4 heteroatoms. The van der Waals surface area contributed by atoms with Crippen LogP contribution in [0.3, 0.4) is 0 Å². The van der Waals surface area contributed by atoms with Crippen LogP contribution in [0.5, 0.6) is 0 Å². The van der Waals surface area contributed by atoms with Crippen LogP contribution in [0.2, 0.25) is 0 Å². The van der Waals surface area contributed by atoms with Gasteiger partial charge in [0.25, 0.3) is 0 Å². The Hall–Kier alpha value is 0.360. The van der Waals surface area contributed by atoms with E-state index in [0.717, 1.165) is 24.8 Å². The third-order valence-electron chi connectivity index (χ3n) is 4.75. The molecule has 2 atom stereocenters. The first-order valence-electron chi connectivity index (χ1n) is 9.13. The van der Waals surface area contributed by atoms with E-state index < -0.39 is 0 Å². The van der Waals surface area contributed by atoms with E-state index in [4.69, 9.17) is 4.74 Å². The van der Waals surface area contributed by atoms with Crippen LogP contribution in [0, 0.1) is 0 Å². The van der Waals surface area contributed by atoms with Gasteiger partial charge >= 0.3 is 0 Å². The molecule has 22 heavy (non-hydrogen) atoms. The summed E-state index contributed by atoms with van der Waals surface area (Å²) in [6.45, 7) is 7.14. The minimum absolute atomic E-state index is 0.169. The number of rotatable bonds is 11. The van der Waals surface area contributed by atoms with E-state index in [0.29, 0.717) is 6.10 Å². The summed E-state index contributed by atoms with van der Waals surface area (Å²) in [5.74, 6) is 0. The molecule has 1 aliphatic heterocycles. The number of hydrogen-bond acceptors (Lipinski definition) is 3. The van der Waals surface area contributed by atoms with Crippen molar-refractivity contribution in [3.63, 3.8) is 0 Å². The Morgan fingerprint density at radius 3 is 2.14 bits per heavy atom. The van der Waals surface area contributed by atoms with Crippen molar-refractivity contribution in [2.24, 2.45) is 0 Å². The van der Waals surface area contributed by atoms with Crippen LogP contribution >= 0.6 is 15.9 Å². The minimum atomic E-state index is -0.169. The van der Waals surface area contributed by atoms with Crippen LogP contribution in [-0.4, -0.2) is 39.9 Å². The van der Waals surface area contributed by atoms with Gasteiger partial charge in [0.05, 0.1) is 6.10 Å². The predicted molar refractivity (Wildman–Crippen MR) is 96.9 cm³/mol. The van der Waals surface area contributed by atoms with Gasteiger partial charge in [-0.15, -0.1) is 0 Å². The number of unbranched alkanes of at least 4 members (excludes halogenated alkanes) is 7. The molecule has 1 rings (SSSR count). The summed E-state index contributed by atoms with van der Waals surface area (Å²) < 4.78 is 6.05. The molecule has 3 nitrogen and oxygen atoms in total. The molecule has 1 N–H and O–H groups in total. The highest BCUT2D eigenvalue weighted by molar-refractivity contribution is 9.09. The molecule has 1 fully saturated rings. The van der Waals surface area contributed by atoms with Crippen LogP contribution in [0.15, 0.2) is 0 Å². The van der Waals surface area contributed by atoms with Gasteiger partial charge in [0.1, 0.15) is 0 Å². The molecule has 0 aliphatic carbocycles. The fraction of sp³-hybridized carbons (Fsp3) is 1.00. The Labute approximate surface area is 145 Å². The van der Waals surface area contributed by atoms with Crippen molar-refractivity contribution in [1.29, 1.82) is 0 Å². The average molecular weight is 378 g/mol. The highest BCUT2D eigenvalue weighted by atomic mass is 79.9. The maximum atomic E-state index is 10.0.